The zero-order valence-electron chi connectivity index (χ0n) is 18.5. The zero-order valence-corrected chi connectivity index (χ0v) is 18.5. The maximum Gasteiger partial charge on any atom is 0.294 e. The molecular weight excluding hydrogens is 421 g/mol. The summed E-state index contributed by atoms with van der Waals surface area (Å²) in [5.74, 6) is 1.05. The van der Waals surface area contributed by atoms with Gasteiger partial charge in [0.2, 0.25) is 0 Å². The monoisotopic (exact) mass is 445 g/mol. The fraction of sp³-hybridized carbons (Fsp3) is 0.231. The van der Waals surface area contributed by atoms with Crippen molar-refractivity contribution in [1.29, 1.82) is 0 Å². The average molecular weight is 445 g/mol. The van der Waals surface area contributed by atoms with Crippen LogP contribution in [0.15, 0.2) is 71.9 Å². The number of halogens is 1. The van der Waals surface area contributed by atoms with Crippen LogP contribution in [0.25, 0.3) is 5.69 Å². The molecule has 168 valence electrons. The summed E-state index contributed by atoms with van der Waals surface area (Å²) in [5.41, 5.74) is 3.39. The van der Waals surface area contributed by atoms with Crippen LogP contribution in [0.4, 0.5) is 4.39 Å². The Morgan fingerprint density at radius 1 is 1.06 bits per heavy atom. The molecule has 1 aliphatic heterocycles. The van der Waals surface area contributed by atoms with Crippen molar-refractivity contribution in [1.82, 2.24) is 14.1 Å². The minimum absolute atomic E-state index is 0.146. The average Bonchev–Trinajstić information content (AvgIpc) is 3.27. The van der Waals surface area contributed by atoms with E-state index in [4.69, 9.17) is 9.47 Å². The summed E-state index contributed by atoms with van der Waals surface area (Å²) in [7, 11) is 1.59. The van der Waals surface area contributed by atoms with Gasteiger partial charge in [-0.3, -0.25) is 4.79 Å². The van der Waals surface area contributed by atoms with E-state index < -0.39 is 0 Å². The topological polar surface area (TPSA) is 58.3 Å². The first-order valence-electron chi connectivity index (χ1n) is 10.9. The van der Waals surface area contributed by atoms with Crippen molar-refractivity contribution >= 4 is 0 Å². The number of rotatable bonds is 5. The molecule has 0 bridgehead atoms. The quantitative estimate of drug-likeness (QED) is 0.423. The highest BCUT2D eigenvalue weighted by Gasteiger charge is 2.24. The largest absolute Gasteiger partial charge is 0.494 e. The third-order valence-electron chi connectivity index (χ3n) is 6.01. The Morgan fingerprint density at radius 2 is 1.88 bits per heavy atom. The predicted molar refractivity (Wildman–Crippen MR) is 123 cm³/mol. The smallest absolute Gasteiger partial charge is 0.294 e. The van der Waals surface area contributed by atoms with Crippen molar-refractivity contribution in [2.24, 2.45) is 0 Å². The van der Waals surface area contributed by atoms with Gasteiger partial charge < -0.3 is 18.6 Å². The van der Waals surface area contributed by atoms with Crippen molar-refractivity contribution in [2.75, 3.05) is 7.11 Å². The molecule has 2 aromatic carbocycles. The maximum atomic E-state index is 13.4. The second kappa shape index (κ2) is 8.58. The van der Waals surface area contributed by atoms with Gasteiger partial charge in [-0.1, -0.05) is 12.1 Å². The van der Waals surface area contributed by atoms with Gasteiger partial charge in [-0.05, 0) is 68.1 Å². The van der Waals surface area contributed by atoms with Crippen LogP contribution in [-0.2, 0) is 6.42 Å². The molecule has 1 atom stereocenters. The lowest BCUT2D eigenvalue weighted by atomic mass is 9.95. The molecule has 33 heavy (non-hydrogen) atoms. The predicted octanol–water partition coefficient (Wildman–Crippen LogP) is 5.21. The van der Waals surface area contributed by atoms with Gasteiger partial charge in [0.15, 0.2) is 5.75 Å². The molecule has 0 fully saturated rings. The molecule has 0 amide bonds. The van der Waals surface area contributed by atoms with Crippen molar-refractivity contribution in [3.8, 4) is 22.9 Å². The Kier molecular flexibility index (Phi) is 5.46. The summed E-state index contributed by atoms with van der Waals surface area (Å²) in [6.07, 6.45) is 6.23. The second-order valence-electron chi connectivity index (χ2n) is 8.18. The number of nitrogens with zero attached hydrogens (tertiary/aromatic N) is 3. The summed E-state index contributed by atoms with van der Waals surface area (Å²) >= 11 is 0. The first kappa shape index (κ1) is 21.0. The summed E-state index contributed by atoms with van der Waals surface area (Å²) in [6, 6.07) is 15.3. The fourth-order valence-corrected chi connectivity index (χ4v) is 4.42. The van der Waals surface area contributed by atoms with Gasteiger partial charge in [-0.15, -0.1) is 0 Å². The summed E-state index contributed by atoms with van der Waals surface area (Å²) < 4.78 is 28.7. The van der Waals surface area contributed by atoms with Crippen LogP contribution in [0.2, 0.25) is 0 Å². The fourth-order valence-electron chi connectivity index (χ4n) is 4.42. The molecule has 0 radical (unpaired) electrons. The second-order valence-corrected chi connectivity index (χ2v) is 8.18. The molecule has 0 spiro atoms. The van der Waals surface area contributed by atoms with E-state index in [0.29, 0.717) is 11.5 Å². The molecule has 7 heteroatoms. The van der Waals surface area contributed by atoms with E-state index in [1.165, 1.54) is 12.1 Å². The van der Waals surface area contributed by atoms with E-state index in [9.17, 15) is 9.18 Å². The van der Waals surface area contributed by atoms with Crippen LogP contribution in [0.1, 0.15) is 35.8 Å². The normalized spacial score (nSPS) is 15.2. The van der Waals surface area contributed by atoms with Crippen LogP contribution in [0.3, 0.4) is 0 Å². The molecule has 0 saturated carbocycles. The molecule has 0 N–H and O–H groups in total. The van der Waals surface area contributed by atoms with E-state index in [1.807, 2.05) is 29.8 Å². The van der Waals surface area contributed by atoms with Crippen LogP contribution in [0.5, 0.6) is 17.2 Å². The Morgan fingerprint density at radius 3 is 2.61 bits per heavy atom. The van der Waals surface area contributed by atoms with Gasteiger partial charge in [-0.25, -0.2) is 9.37 Å². The lowest BCUT2D eigenvalue weighted by molar-refractivity contribution is 0.400. The van der Waals surface area contributed by atoms with E-state index in [2.05, 4.69) is 4.98 Å². The SMILES string of the molecule is COc1cc(Oc2ccc3n(c2=O)C(c2ccc(F)cc2)CCC3)ccc1-n1cnc(C)c1. The van der Waals surface area contributed by atoms with Crippen molar-refractivity contribution in [3.63, 3.8) is 0 Å². The number of fused-ring (bicyclic) bond motifs is 1. The number of imidazole rings is 1. The minimum atomic E-state index is -0.289. The van der Waals surface area contributed by atoms with Gasteiger partial charge in [0, 0.05) is 18.0 Å². The van der Waals surface area contributed by atoms with Gasteiger partial charge >= 0.3 is 0 Å². The molecule has 4 aromatic rings. The molecule has 1 aliphatic rings. The molecule has 3 heterocycles. The molecule has 1 unspecified atom stereocenters. The third kappa shape index (κ3) is 4.02. The van der Waals surface area contributed by atoms with Crippen molar-refractivity contribution in [2.45, 2.75) is 32.2 Å². The van der Waals surface area contributed by atoms with Crippen LogP contribution >= 0.6 is 0 Å². The van der Waals surface area contributed by atoms with Crippen LogP contribution in [0, 0.1) is 12.7 Å². The van der Waals surface area contributed by atoms with E-state index in [1.54, 1.807) is 48.3 Å². The van der Waals surface area contributed by atoms with Crippen LogP contribution in [-0.4, -0.2) is 21.2 Å². The maximum absolute atomic E-state index is 13.4. The molecule has 6 nitrogen and oxygen atoms in total. The molecule has 0 aliphatic carbocycles. The van der Waals surface area contributed by atoms with Gasteiger partial charge in [0.1, 0.15) is 17.3 Å². The highest BCUT2D eigenvalue weighted by molar-refractivity contribution is 5.52. The number of pyridine rings is 1. The highest BCUT2D eigenvalue weighted by Crippen LogP contribution is 2.33. The summed E-state index contributed by atoms with van der Waals surface area (Å²) in [4.78, 5) is 17.7. The Balaban J connectivity index is 1.49. The van der Waals surface area contributed by atoms with Crippen molar-refractivity contribution in [3.05, 3.63) is 100 Å². The van der Waals surface area contributed by atoms with Gasteiger partial charge in [0.25, 0.3) is 5.56 Å². The molecule has 5 rings (SSSR count). The lowest BCUT2D eigenvalue weighted by Crippen LogP contribution is -2.31. The third-order valence-corrected chi connectivity index (χ3v) is 6.01. The van der Waals surface area contributed by atoms with E-state index in [0.717, 1.165) is 41.9 Å². The Bertz CT molecular complexity index is 1360. The van der Waals surface area contributed by atoms with Crippen LogP contribution < -0.4 is 15.0 Å². The summed E-state index contributed by atoms with van der Waals surface area (Å²) in [5, 5.41) is 0. The first-order valence-corrected chi connectivity index (χ1v) is 10.9. The molecule has 2 aromatic heterocycles. The number of hydrogen-bond acceptors (Lipinski definition) is 4. The number of hydrogen-bond donors (Lipinski definition) is 0. The molecular formula is C26H24FN3O3. The van der Waals surface area contributed by atoms with Crippen molar-refractivity contribution < 1.29 is 13.9 Å². The highest BCUT2D eigenvalue weighted by atomic mass is 19.1. The number of methoxy groups -OCH3 is 1. The van der Waals surface area contributed by atoms with Gasteiger partial charge in [-0.2, -0.15) is 0 Å². The minimum Gasteiger partial charge on any atom is -0.494 e. The standard InChI is InChI=1S/C26H24FN3O3/c1-17-15-29(16-28-17)23-12-11-21(14-25(23)32-2)33-24-13-10-20-4-3-5-22(30(20)26(24)31)18-6-8-19(27)9-7-18/h6-16,22H,3-5H2,1-2H3. The number of benzene rings is 2. The summed E-state index contributed by atoms with van der Waals surface area (Å²) in [6.45, 7) is 1.92. The number of ether oxygens (including phenoxy) is 2. The van der Waals surface area contributed by atoms with Gasteiger partial charge in [0.05, 0.1) is 30.9 Å². The zero-order chi connectivity index (χ0) is 22.9. The van der Waals surface area contributed by atoms with E-state index >= 15 is 0 Å². The Hall–Kier alpha value is -3.87. The number of aryl methyl sites for hydroxylation is 2. The van der Waals surface area contributed by atoms with E-state index in [-0.39, 0.29) is 23.2 Å². The first-order chi connectivity index (χ1) is 16.0. The Labute approximate surface area is 190 Å². The lowest BCUT2D eigenvalue weighted by Gasteiger charge is -2.28. The molecule has 0 saturated heterocycles. The number of aromatic nitrogens is 3.